The van der Waals surface area contributed by atoms with Crippen molar-refractivity contribution in [3.8, 4) is 0 Å². The zero-order valence-corrected chi connectivity index (χ0v) is 9.28. The molecule has 16 heavy (non-hydrogen) atoms. The van der Waals surface area contributed by atoms with Crippen molar-refractivity contribution in [1.82, 2.24) is 4.98 Å². The van der Waals surface area contributed by atoms with Crippen LogP contribution in [0.4, 0.5) is 5.69 Å². The second-order valence-electron chi connectivity index (χ2n) is 4.66. The Bertz CT molecular complexity index is 498. The van der Waals surface area contributed by atoms with Crippen LogP contribution in [0.25, 0.3) is 11.1 Å². The zero-order valence-electron chi connectivity index (χ0n) is 9.28. The van der Waals surface area contributed by atoms with Crippen LogP contribution in [-0.2, 0) is 6.42 Å². The monoisotopic (exact) mass is 216 g/mol. The number of para-hydroxylation sites is 1. The molecule has 0 unspecified atom stereocenters. The highest BCUT2D eigenvalue weighted by Crippen LogP contribution is 2.29. The minimum absolute atomic E-state index is 0.707. The van der Waals surface area contributed by atoms with E-state index in [1.807, 2.05) is 18.2 Å². The fourth-order valence-corrected chi connectivity index (χ4v) is 2.56. The van der Waals surface area contributed by atoms with Gasteiger partial charge in [0, 0.05) is 6.42 Å². The molecule has 1 aromatic carbocycles. The van der Waals surface area contributed by atoms with Crippen LogP contribution in [-0.4, -0.2) is 4.98 Å². The summed E-state index contributed by atoms with van der Waals surface area (Å²) in [7, 11) is 0. The van der Waals surface area contributed by atoms with Crippen LogP contribution in [0.1, 0.15) is 31.6 Å². The average molecular weight is 216 g/mol. The second-order valence-corrected chi connectivity index (χ2v) is 4.66. The highest BCUT2D eigenvalue weighted by atomic mass is 16.3. The van der Waals surface area contributed by atoms with E-state index in [9.17, 15) is 0 Å². The topological polar surface area (TPSA) is 52.0 Å². The Morgan fingerprint density at radius 3 is 2.88 bits per heavy atom. The molecule has 1 fully saturated rings. The lowest BCUT2D eigenvalue weighted by atomic mass is 10.0. The molecule has 0 radical (unpaired) electrons. The number of fused-ring (bicyclic) bond motifs is 1. The maximum atomic E-state index is 5.86. The van der Waals surface area contributed by atoms with E-state index in [4.69, 9.17) is 10.2 Å². The van der Waals surface area contributed by atoms with Crippen molar-refractivity contribution in [2.75, 3.05) is 5.73 Å². The number of rotatable bonds is 2. The Hall–Kier alpha value is -1.51. The van der Waals surface area contributed by atoms with Crippen LogP contribution in [0.3, 0.4) is 0 Å². The summed E-state index contributed by atoms with van der Waals surface area (Å²) in [4.78, 5) is 4.48. The number of hydrogen-bond acceptors (Lipinski definition) is 3. The van der Waals surface area contributed by atoms with Gasteiger partial charge in [0.2, 0.25) is 0 Å². The smallest absolute Gasteiger partial charge is 0.195 e. The largest absolute Gasteiger partial charge is 0.441 e. The van der Waals surface area contributed by atoms with Crippen molar-refractivity contribution in [3.05, 3.63) is 24.1 Å². The normalized spacial score (nSPS) is 17.2. The summed E-state index contributed by atoms with van der Waals surface area (Å²) >= 11 is 0. The molecule has 0 aliphatic heterocycles. The minimum atomic E-state index is 0.707. The van der Waals surface area contributed by atoms with Crippen molar-refractivity contribution in [2.45, 2.75) is 32.1 Å². The number of nitrogens with two attached hydrogens (primary N) is 1. The zero-order chi connectivity index (χ0) is 11.0. The fourth-order valence-electron chi connectivity index (χ4n) is 2.56. The third-order valence-electron chi connectivity index (χ3n) is 3.43. The molecule has 1 saturated carbocycles. The highest BCUT2D eigenvalue weighted by Gasteiger charge is 2.18. The van der Waals surface area contributed by atoms with Crippen LogP contribution in [0.5, 0.6) is 0 Å². The molecule has 1 aliphatic rings. The first kappa shape index (κ1) is 9.70. The molecule has 0 saturated heterocycles. The summed E-state index contributed by atoms with van der Waals surface area (Å²) in [6, 6.07) is 5.70. The van der Waals surface area contributed by atoms with Gasteiger partial charge in [-0.1, -0.05) is 18.9 Å². The Labute approximate surface area is 94.7 Å². The molecule has 0 atom stereocenters. The van der Waals surface area contributed by atoms with Gasteiger partial charge in [-0.05, 0) is 30.9 Å². The molecule has 0 spiro atoms. The maximum absolute atomic E-state index is 5.86. The number of nitrogens with zero attached hydrogens (tertiary/aromatic N) is 1. The lowest BCUT2D eigenvalue weighted by molar-refractivity contribution is 0.448. The lowest BCUT2D eigenvalue weighted by Crippen LogP contribution is -1.98. The summed E-state index contributed by atoms with van der Waals surface area (Å²) in [5.41, 5.74) is 8.19. The van der Waals surface area contributed by atoms with E-state index < -0.39 is 0 Å². The third kappa shape index (κ3) is 1.66. The molecule has 1 aliphatic carbocycles. The van der Waals surface area contributed by atoms with Gasteiger partial charge in [-0.3, -0.25) is 0 Å². The Balaban J connectivity index is 1.90. The predicted octanol–water partition coefficient (Wildman–Crippen LogP) is 3.14. The van der Waals surface area contributed by atoms with Gasteiger partial charge < -0.3 is 10.2 Å². The van der Waals surface area contributed by atoms with Crippen molar-refractivity contribution in [1.29, 1.82) is 0 Å². The molecule has 3 nitrogen and oxygen atoms in total. The first-order chi connectivity index (χ1) is 7.83. The van der Waals surface area contributed by atoms with Gasteiger partial charge in [-0.25, -0.2) is 4.98 Å². The molecular formula is C13H16N2O. The van der Waals surface area contributed by atoms with Gasteiger partial charge in [0.05, 0.1) is 5.69 Å². The Kier molecular flexibility index (Phi) is 2.31. The standard InChI is InChI=1S/C13H16N2O/c14-10-6-3-7-11-13(10)15-12(16-11)8-9-4-1-2-5-9/h3,6-7,9H,1-2,4-5,8,14H2. The van der Waals surface area contributed by atoms with Gasteiger partial charge in [0.15, 0.2) is 11.5 Å². The molecule has 1 aromatic heterocycles. The van der Waals surface area contributed by atoms with Crippen molar-refractivity contribution in [2.24, 2.45) is 5.92 Å². The van der Waals surface area contributed by atoms with E-state index in [-0.39, 0.29) is 0 Å². The molecule has 84 valence electrons. The summed E-state index contributed by atoms with van der Waals surface area (Å²) in [6.45, 7) is 0. The van der Waals surface area contributed by atoms with Crippen LogP contribution in [0, 0.1) is 5.92 Å². The van der Waals surface area contributed by atoms with E-state index in [1.54, 1.807) is 0 Å². The Morgan fingerprint density at radius 1 is 1.31 bits per heavy atom. The van der Waals surface area contributed by atoms with E-state index in [0.717, 1.165) is 29.3 Å². The summed E-state index contributed by atoms with van der Waals surface area (Å²) in [5.74, 6) is 1.61. The van der Waals surface area contributed by atoms with Gasteiger partial charge in [-0.15, -0.1) is 0 Å². The van der Waals surface area contributed by atoms with Crippen LogP contribution >= 0.6 is 0 Å². The lowest BCUT2D eigenvalue weighted by Gasteiger charge is -2.03. The number of benzene rings is 1. The quantitative estimate of drug-likeness (QED) is 0.784. The fraction of sp³-hybridized carbons (Fsp3) is 0.462. The van der Waals surface area contributed by atoms with Crippen LogP contribution in [0.15, 0.2) is 22.6 Å². The summed E-state index contributed by atoms with van der Waals surface area (Å²) in [6.07, 6.45) is 6.30. The maximum Gasteiger partial charge on any atom is 0.195 e. The van der Waals surface area contributed by atoms with E-state index in [2.05, 4.69) is 4.98 Å². The molecule has 3 heteroatoms. The molecule has 1 heterocycles. The molecule has 0 amide bonds. The van der Waals surface area contributed by atoms with Gasteiger partial charge in [0.1, 0.15) is 5.52 Å². The summed E-state index contributed by atoms with van der Waals surface area (Å²) in [5, 5.41) is 0. The first-order valence-corrected chi connectivity index (χ1v) is 5.97. The van der Waals surface area contributed by atoms with Crippen LogP contribution in [0.2, 0.25) is 0 Å². The average Bonchev–Trinajstić information content (AvgIpc) is 2.88. The van der Waals surface area contributed by atoms with Gasteiger partial charge in [-0.2, -0.15) is 0 Å². The SMILES string of the molecule is Nc1cccc2oc(CC3CCCC3)nc12. The van der Waals surface area contributed by atoms with Crippen molar-refractivity contribution < 1.29 is 4.42 Å². The molecule has 2 N–H and O–H groups in total. The molecular weight excluding hydrogens is 200 g/mol. The van der Waals surface area contributed by atoms with E-state index in [0.29, 0.717) is 5.69 Å². The number of aromatic nitrogens is 1. The van der Waals surface area contributed by atoms with Crippen LogP contribution < -0.4 is 5.73 Å². The number of hydrogen-bond donors (Lipinski definition) is 1. The third-order valence-corrected chi connectivity index (χ3v) is 3.43. The first-order valence-electron chi connectivity index (χ1n) is 5.97. The van der Waals surface area contributed by atoms with E-state index in [1.165, 1.54) is 25.7 Å². The number of oxazole rings is 1. The molecule has 3 rings (SSSR count). The number of anilines is 1. The minimum Gasteiger partial charge on any atom is -0.441 e. The predicted molar refractivity (Wildman–Crippen MR) is 64.1 cm³/mol. The summed E-state index contributed by atoms with van der Waals surface area (Å²) < 4.78 is 5.72. The number of nitrogen functional groups attached to an aromatic ring is 1. The van der Waals surface area contributed by atoms with Gasteiger partial charge in [0.25, 0.3) is 0 Å². The Morgan fingerprint density at radius 2 is 2.12 bits per heavy atom. The second kappa shape index (κ2) is 3.81. The van der Waals surface area contributed by atoms with Gasteiger partial charge >= 0.3 is 0 Å². The van der Waals surface area contributed by atoms with E-state index >= 15 is 0 Å². The molecule has 2 aromatic rings. The molecule has 0 bridgehead atoms. The van der Waals surface area contributed by atoms with Crippen molar-refractivity contribution >= 4 is 16.8 Å². The van der Waals surface area contributed by atoms with Crippen molar-refractivity contribution in [3.63, 3.8) is 0 Å². The highest BCUT2D eigenvalue weighted by molar-refractivity contribution is 5.85.